The molecule has 0 fully saturated rings. The normalized spacial score (nSPS) is 10.3. The van der Waals surface area contributed by atoms with E-state index in [0.717, 1.165) is 0 Å². The summed E-state index contributed by atoms with van der Waals surface area (Å²) < 4.78 is 0. The molecule has 2 N–H and O–H groups in total. The Balaban J connectivity index is 2.13. The smallest absolute Gasteiger partial charge is 0.228 e. The van der Waals surface area contributed by atoms with Gasteiger partial charge >= 0.3 is 0 Å². The molecule has 0 aliphatic heterocycles. The number of hydrogen-bond acceptors (Lipinski definition) is 2. The van der Waals surface area contributed by atoms with E-state index in [1.807, 2.05) is 0 Å². The first kappa shape index (κ1) is 15.0. The maximum absolute atomic E-state index is 11.9. The Bertz CT molecular complexity index is 636. The SMILES string of the molecule is O=C(Cc1cccc(O)c1)Nc1c(Cl)cc(Cl)cc1Cl. The highest BCUT2D eigenvalue weighted by Gasteiger charge is 2.12. The van der Waals surface area contributed by atoms with Gasteiger partial charge in [0.25, 0.3) is 0 Å². The minimum Gasteiger partial charge on any atom is -0.508 e. The van der Waals surface area contributed by atoms with Crippen molar-refractivity contribution in [3.63, 3.8) is 0 Å². The Kier molecular flexibility index (Phi) is 4.76. The summed E-state index contributed by atoms with van der Waals surface area (Å²) in [5, 5.41) is 12.9. The molecule has 3 nitrogen and oxygen atoms in total. The lowest BCUT2D eigenvalue weighted by Gasteiger charge is -2.10. The van der Waals surface area contributed by atoms with Gasteiger partial charge in [-0.15, -0.1) is 0 Å². The largest absolute Gasteiger partial charge is 0.508 e. The average Bonchev–Trinajstić information content (AvgIpc) is 2.33. The molecule has 1 amide bonds. The fraction of sp³-hybridized carbons (Fsp3) is 0.0714. The van der Waals surface area contributed by atoms with Crippen LogP contribution in [0.1, 0.15) is 5.56 Å². The lowest BCUT2D eigenvalue weighted by molar-refractivity contribution is -0.115. The van der Waals surface area contributed by atoms with E-state index >= 15 is 0 Å². The summed E-state index contributed by atoms with van der Waals surface area (Å²) in [4.78, 5) is 11.9. The number of hydrogen-bond donors (Lipinski definition) is 2. The van der Waals surface area contributed by atoms with Crippen LogP contribution in [0.15, 0.2) is 36.4 Å². The third kappa shape index (κ3) is 3.79. The van der Waals surface area contributed by atoms with Gasteiger partial charge in [0, 0.05) is 5.02 Å². The van der Waals surface area contributed by atoms with Crippen molar-refractivity contribution in [1.29, 1.82) is 0 Å². The van der Waals surface area contributed by atoms with Gasteiger partial charge in [-0.2, -0.15) is 0 Å². The van der Waals surface area contributed by atoms with Crippen LogP contribution in [0.3, 0.4) is 0 Å². The summed E-state index contributed by atoms with van der Waals surface area (Å²) in [6.45, 7) is 0. The molecular formula is C14H10Cl3NO2. The van der Waals surface area contributed by atoms with E-state index in [9.17, 15) is 9.90 Å². The highest BCUT2D eigenvalue weighted by molar-refractivity contribution is 6.42. The quantitative estimate of drug-likeness (QED) is 0.868. The number of amides is 1. The standard InChI is InChI=1S/C14H10Cl3NO2/c15-9-6-11(16)14(12(17)7-9)18-13(20)5-8-2-1-3-10(19)4-8/h1-4,6-7,19H,5H2,(H,18,20). The molecule has 0 atom stereocenters. The zero-order valence-electron chi connectivity index (χ0n) is 10.2. The van der Waals surface area contributed by atoms with Crippen LogP contribution < -0.4 is 5.32 Å². The molecule has 0 bridgehead atoms. The molecule has 6 heteroatoms. The minimum absolute atomic E-state index is 0.101. The maximum atomic E-state index is 11.9. The van der Waals surface area contributed by atoms with Crippen LogP contribution in [-0.2, 0) is 11.2 Å². The van der Waals surface area contributed by atoms with Crippen molar-refractivity contribution in [2.45, 2.75) is 6.42 Å². The molecule has 0 saturated heterocycles. The van der Waals surface area contributed by atoms with Crippen LogP contribution in [-0.4, -0.2) is 11.0 Å². The minimum atomic E-state index is -0.290. The fourth-order valence-electron chi connectivity index (χ4n) is 1.70. The molecule has 2 aromatic carbocycles. The second kappa shape index (κ2) is 6.35. The van der Waals surface area contributed by atoms with E-state index in [2.05, 4.69) is 5.32 Å². The monoisotopic (exact) mass is 329 g/mol. The Morgan fingerprint density at radius 3 is 2.35 bits per heavy atom. The summed E-state index contributed by atoms with van der Waals surface area (Å²) in [5.74, 6) is -0.181. The lowest BCUT2D eigenvalue weighted by Crippen LogP contribution is -2.15. The molecule has 0 unspecified atom stereocenters. The summed E-state index contributed by atoms with van der Waals surface area (Å²) >= 11 is 17.8. The Hall–Kier alpha value is -1.42. The van der Waals surface area contributed by atoms with Gasteiger partial charge in [-0.05, 0) is 29.8 Å². The van der Waals surface area contributed by atoms with Crippen molar-refractivity contribution in [2.75, 3.05) is 5.32 Å². The predicted molar refractivity (Wildman–Crippen MR) is 81.9 cm³/mol. The molecule has 0 saturated carbocycles. The molecule has 0 spiro atoms. The van der Waals surface area contributed by atoms with Gasteiger partial charge in [0.1, 0.15) is 5.75 Å². The number of aromatic hydroxyl groups is 1. The number of halogens is 3. The van der Waals surface area contributed by atoms with Crippen LogP contribution in [0.4, 0.5) is 5.69 Å². The molecule has 104 valence electrons. The maximum Gasteiger partial charge on any atom is 0.228 e. The van der Waals surface area contributed by atoms with Gasteiger partial charge in [-0.25, -0.2) is 0 Å². The third-order valence-corrected chi connectivity index (χ3v) is 3.36. The summed E-state index contributed by atoms with van der Waals surface area (Å²) in [5.41, 5.74) is 1.01. The lowest BCUT2D eigenvalue weighted by atomic mass is 10.1. The molecule has 0 radical (unpaired) electrons. The number of benzene rings is 2. The number of anilines is 1. The van der Waals surface area contributed by atoms with Crippen molar-refractivity contribution >= 4 is 46.4 Å². The van der Waals surface area contributed by atoms with E-state index < -0.39 is 0 Å². The number of carbonyl (C=O) groups excluding carboxylic acids is 1. The van der Waals surface area contributed by atoms with E-state index in [4.69, 9.17) is 34.8 Å². The number of phenols is 1. The van der Waals surface area contributed by atoms with Crippen molar-refractivity contribution in [3.05, 3.63) is 57.0 Å². The van der Waals surface area contributed by atoms with E-state index in [0.29, 0.717) is 16.3 Å². The van der Waals surface area contributed by atoms with Crippen LogP contribution in [0.25, 0.3) is 0 Å². The summed E-state index contributed by atoms with van der Waals surface area (Å²) in [6, 6.07) is 9.46. The highest BCUT2D eigenvalue weighted by atomic mass is 35.5. The van der Waals surface area contributed by atoms with E-state index in [1.54, 1.807) is 12.1 Å². The Labute approximate surface area is 131 Å². The number of rotatable bonds is 3. The van der Waals surface area contributed by atoms with Gasteiger partial charge < -0.3 is 10.4 Å². The van der Waals surface area contributed by atoms with Crippen LogP contribution in [0.5, 0.6) is 5.75 Å². The second-order valence-electron chi connectivity index (χ2n) is 4.14. The molecular weight excluding hydrogens is 321 g/mol. The summed E-state index contributed by atoms with van der Waals surface area (Å²) in [7, 11) is 0. The molecule has 0 aliphatic carbocycles. The van der Waals surface area contributed by atoms with Gasteiger partial charge in [0.15, 0.2) is 0 Å². The van der Waals surface area contributed by atoms with Gasteiger partial charge in [0.2, 0.25) is 5.91 Å². The number of nitrogens with one attached hydrogen (secondary N) is 1. The molecule has 0 aliphatic rings. The fourth-order valence-corrected chi connectivity index (χ4v) is 2.61. The zero-order valence-corrected chi connectivity index (χ0v) is 12.4. The molecule has 0 heterocycles. The molecule has 20 heavy (non-hydrogen) atoms. The number of carbonyl (C=O) groups is 1. The molecule has 0 aromatic heterocycles. The van der Waals surface area contributed by atoms with Crippen LogP contribution in [0, 0.1) is 0 Å². The first-order valence-corrected chi connectivity index (χ1v) is 6.81. The van der Waals surface area contributed by atoms with Crippen molar-refractivity contribution in [2.24, 2.45) is 0 Å². The van der Waals surface area contributed by atoms with Crippen molar-refractivity contribution in [3.8, 4) is 5.75 Å². The topological polar surface area (TPSA) is 49.3 Å². The third-order valence-electron chi connectivity index (χ3n) is 2.55. The van der Waals surface area contributed by atoms with Crippen LogP contribution >= 0.6 is 34.8 Å². The highest BCUT2D eigenvalue weighted by Crippen LogP contribution is 2.33. The summed E-state index contributed by atoms with van der Waals surface area (Å²) in [6.07, 6.45) is 0.101. The Morgan fingerprint density at radius 1 is 1.10 bits per heavy atom. The predicted octanol–water partition coefficient (Wildman–Crippen LogP) is 4.53. The van der Waals surface area contributed by atoms with E-state index in [-0.39, 0.29) is 28.1 Å². The van der Waals surface area contributed by atoms with Crippen molar-refractivity contribution in [1.82, 2.24) is 0 Å². The van der Waals surface area contributed by atoms with Gasteiger partial charge in [0.05, 0.1) is 22.2 Å². The zero-order chi connectivity index (χ0) is 14.7. The number of phenolic OH excluding ortho intramolecular Hbond substituents is 1. The van der Waals surface area contributed by atoms with Gasteiger partial charge in [-0.3, -0.25) is 4.79 Å². The molecule has 2 rings (SSSR count). The van der Waals surface area contributed by atoms with Crippen LogP contribution in [0.2, 0.25) is 15.1 Å². The molecule has 2 aromatic rings. The van der Waals surface area contributed by atoms with Gasteiger partial charge in [-0.1, -0.05) is 46.9 Å². The average molecular weight is 331 g/mol. The second-order valence-corrected chi connectivity index (χ2v) is 5.39. The van der Waals surface area contributed by atoms with E-state index in [1.165, 1.54) is 24.3 Å². The first-order chi connectivity index (χ1) is 9.45. The Morgan fingerprint density at radius 2 is 1.75 bits per heavy atom. The van der Waals surface area contributed by atoms with Crippen molar-refractivity contribution < 1.29 is 9.90 Å². The first-order valence-electron chi connectivity index (χ1n) is 5.68.